The minimum atomic E-state index is -1.00. The van der Waals surface area contributed by atoms with Gasteiger partial charge in [-0.05, 0) is 50.6 Å². The maximum atomic E-state index is 12.2. The number of Topliss-reactive ketones (excluding diaryl/α,β-unsaturated/α-hetero) is 1. The average molecular weight is 355 g/mol. The molecule has 0 saturated heterocycles. The fourth-order valence-electron chi connectivity index (χ4n) is 2.29. The van der Waals surface area contributed by atoms with E-state index in [2.05, 4.69) is 5.32 Å². The Balaban J connectivity index is 2.03. The van der Waals surface area contributed by atoms with Gasteiger partial charge in [-0.3, -0.25) is 9.59 Å². The molecule has 136 valence electrons. The standard InChI is InChI=1S/C20H21NO5/c1-12-8-9-16(11-18(12)25-4)20(24)26-14(3)19(23)21-17-7-5-6-15(10-17)13(2)22/h5-11,14H,1-4H3,(H,21,23). The number of ether oxygens (including phenoxy) is 2. The number of methoxy groups -OCH3 is 1. The van der Waals surface area contributed by atoms with Gasteiger partial charge in [-0.25, -0.2) is 4.79 Å². The van der Waals surface area contributed by atoms with Gasteiger partial charge in [0.25, 0.3) is 5.91 Å². The molecule has 1 amide bonds. The Kier molecular flexibility index (Phi) is 6.11. The van der Waals surface area contributed by atoms with Crippen LogP contribution in [0.15, 0.2) is 42.5 Å². The highest BCUT2D eigenvalue weighted by Gasteiger charge is 2.20. The molecule has 1 atom stereocenters. The van der Waals surface area contributed by atoms with Crippen LogP contribution in [0.5, 0.6) is 5.75 Å². The molecular formula is C20H21NO5. The van der Waals surface area contributed by atoms with E-state index in [1.54, 1.807) is 42.5 Å². The van der Waals surface area contributed by atoms with E-state index in [1.165, 1.54) is 21.0 Å². The number of nitrogens with one attached hydrogen (secondary N) is 1. The van der Waals surface area contributed by atoms with Crippen LogP contribution in [0.1, 0.15) is 40.1 Å². The Morgan fingerprint density at radius 1 is 1.04 bits per heavy atom. The van der Waals surface area contributed by atoms with E-state index in [4.69, 9.17) is 9.47 Å². The topological polar surface area (TPSA) is 81.7 Å². The summed E-state index contributed by atoms with van der Waals surface area (Å²) in [6, 6.07) is 11.5. The number of hydrogen-bond acceptors (Lipinski definition) is 5. The number of benzene rings is 2. The molecule has 0 radical (unpaired) electrons. The molecule has 1 unspecified atom stereocenters. The number of rotatable bonds is 6. The number of carbonyl (C=O) groups excluding carboxylic acids is 3. The third-order valence-electron chi connectivity index (χ3n) is 3.83. The molecule has 1 N–H and O–H groups in total. The quantitative estimate of drug-likeness (QED) is 0.634. The van der Waals surface area contributed by atoms with Gasteiger partial charge >= 0.3 is 5.97 Å². The lowest BCUT2D eigenvalue weighted by molar-refractivity contribution is -0.123. The van der Waals surface area contributed by atoms with Crippen molar-refractivity contribution in [1.29, 1.82) is 0 Å². The van der Waals surface area contributed by atoms with Gasteiger partial charge in [0.15, 0.2) is 11.9 Å². The van der Waals surface area contributed by atoms with Crippen LogP contribution in [-0.4, -0.2) is 30.9 Å². The van der Waals surface area contributed by atoms with Gasteiger partial charge in [0.05, 0.1) is 12.7 Å². The van der Waals surface area contributed by atoms with Gasteiger partial charge in [0.1, 0.15) is 5.75 Å². The van der Waals surface area contributed by atoms with Crippen molar-refractivity contribution in [2.75, 3.05) is 12.4 Å². The second-order valence-corrected chi connectivity index (χ2v) is 5.86. The smallest absolute Gasteiger partial charge is 0.339 e. The fraction of sp³-hybridized carbons (Fsp3) is 0.250. The van der Waals surface area contributed by atoms with E-state index in [1.807, 2.05) is 6.92 Å². The van der Waals surface area contributed by atoms with Crippen molar-refractivity contribution in [3.8, 4) is 5.75 Å². The summed E-state index contributed by atoms with van der Waals surface area (Å²) in [7, 11) is 1.52. The van der Waals surface area contributed by atoms with Crippen molar-refractivity contribution in [3.63, 3.8) is 0 Å². The molecule has 0 aromatic heterocycles. The molecule has 6 nitrogen and oxygen atoms in total. The lowest BCUT2D eigenvalue weighted by Crippen LogP contribution is -2.30. The van der Waals surface area contributed by atoms with Gasteiger partial charge in [-0.1, -0.05) is 18.2 Å². The Bertz CT molecular complexity index is 844. The fourth-order valence-corrected chi connectivity index (χ4v) is 2.29. The molecule has 0 aliphatic rings. The molecule has 0 spiro atoms. The van der Waals surface area contributed by atoms with Crippen LogP contribution in [0.2, 0.25) is 0 Å². The van der Waals surface area contributed by atoms with Crippen molar-refractivity contribution in [1.82, 2.24) is 0 Å². The largest absolute Gasteiger partial charge is 0.496 e. The molecule has 2 aromatic rings. The van der Waals surface area contributed by atoms with Crippen LogP contribution in [0.4, 0.5) is 5.69 Å². The number of anilines is 1. The third-order valence-corrected chi connectivity index (χ3v) is 3.83. The van der Waals surface area contributed by atoms with Gasteiger partial charge in [-0.2, -0.15) is 0 Å². The van der Waals surface area contributed by atoms with Gasteiger partial charge in [0, 0.05) is 11.3 Å². The van der Waals surface area contributed by atoms with Crippen molar-refractivity contribution >= 4 is 23.3 Å². The number of esters is 1. The Labute approximate surface area is 152 Å². The van der Waals surface area contributed by atoms with Crippen molar-refractivity contribution < 1.29 is 23.9 Å². The molecule has 0 heterocycles. The molecule has 0 aliphatic carbocycles. The lowest BCUT2D eigenvalue weighted by Gasteiger charge is -2.14. The Morgan fingerprint density at radius 2 is 1.77 bits per heavy atom. The summed E-state index contributed by atoms with van der Waals surface area (Å²) in [6.07, 6.45) is -1.00. The minimum absolute atomic E-state index is 0.103. The SMILES string of the molecule is COc1cc(C(=O)OC(C)C(=O)Nc2cccc(C(C)=O)c2)ccc1C. The summed E-state index contributed by atoms with van der Waals surface area (Å²) in [4.78, 5) is 35.9. The Hall–Kier alpha value is -3.15. The predicted molar refractivity (Wildman–Crippen MR) is 97.7 cm³/mol. The van der Waals surface area contributed by atoms with Gasteiger partial charge in [0.2, 0.25) is 0 Å². The van der Waals surface area contributed by atoms with Crippen LogP contribution in [-0.2, 0) is 9.53 Å². The summed E-state index contributed by atoms with van der Waals surface area (Å²) in [5.41, 5.74) is 2.13. The van der Waals surface area contributed by atoms with Crippen LogP contribution in [0.3, 0.4) is 0 Å². The van der Waals surface area contributed by atoms with Crippen LogP contribution in [0, 0.1) is 6.92 Å². The molecule has 0 bridgehead atoms. The summed E-state index contributed by atoms with van der Waals surface area (Å²) < 4.78 is 10.4. The molecule has 2 aromatic carbocycles. The highest BCUT2D eigenvalue weighted by atomic mass is 16.5. The van der Waals surface area contributed by atoms with E-state index < -0.39 is 18.0 Å². The van der Waals surface area contributed by atoms with Crippen molar-refractivity contribution in [2.24, 2.45) is 0 Å². The normalized spacial score (nSPS) is 11.4. The van der Waals surface area contributed by atoms with E-state index in [-0.39, 0.29) is 5.78 Å². The van der Waals surface area contributed by atoms with Crippen LogP contribution >= 0.6 is 0 Å². The molecule has 0 aliphatic heterocycles. The number of hydrogen-bond donors (Lipinski definition) is 1. The third kappa shape index (κ3) is 4.69. The first-order valence-corrected chi connectivity index (χ1v) is 8.09. The van der Waals surface area contributed by atoms with Gasteiger partial charge < -0.3 is 14.8 Å². The number of aryl methyl sites for hydroxylation is 1. The first-order chi connectivity index (χ1) is 12.3. The zero-order chi connectivity index (χ0) is 19.3. The first-order valence-electron chi connectivity index (χ1n) is 8.09. The molecule has 6 heteroatoms. The maximum absolute atomic E-state index is 12.2. The summed E-state index contributed by atoms with van der Waals surface area (Å²) >= 11 is 0. The van der Waals surface area contributed by atoms with E-state index in [9.17, 15) is 14.4 Å². The Morgan fingerprint density at radius 3 is 2.42 bits per heavy atom. The predicted octanol–water partition coefficient (Wildman–Crippen LogP) is 3.39. The highest BCUT2D eigenvalue weighted by Crippen LogP contribution is 2.20. The van der Waals surface area contributed by atoms with E-state index in [0.717, 1.165) is 5.56 Å². The van der Waals surface area contributed by atoms with Crippen LogP contribution in [0.25, 0.3) is 0 Å². The number of carbonyl (C=O) groups is 3. The number of ketones is 1. The highest BCUT2D eigenvalue weighted by molar-refractivity contribution is 5.99. The van der Waals surface area contributed by atoms with Crippen molar-refractivity contribution in [2.45, 2.75) is 26.9 Å². The van der Waals surface area contributed by atoms with Crippen molar-refractivity contribution in [3.05, 3.63) is 59.2 Å². The zero-order valence-electron chi connectivity index (χ0n) is 15.2. The first kappa shape index (κ1) is 19.2. The second kappa shape index (κ2) is 8.29. The maximum Gasteiger partial charge on any atom is 0.339 e. The van der Waals surface area contributed by atoms with Crippen LogP contribution < -0.4 is 10.1 Å². The molecule has 0 fully saturated rings. The molecule has 2 rings (SSSR count). The monoisotopic (exact) mass is 355 g/mol. The summed E-state index contributed by atoms with van der Waals surface area (Å²) in [6.45, 7) is 4.79. The lowest BCUT2D eigenvalue weighted by atomic mass is 10.1. The minimum Gasteiger partial charge on any atom is -0.496 e. The zero-order valence-corrected chi connectivity index (χ0v) is 15.2. The molecule has 0 saturated carbocycles. The summed E-state index contributed by atoms with van der Waals surface area (Å²) in [5, 5.41) is 2.63. The van der Waals surface area contributed by atoms with Gasteiger partial charge in [-0.15, -0.1) is 0 Å². The molecule has 26 heavy (non-hydrogen) atoms. The average Bonchev–Trinajstić information content (AvgIpc) is 2.62. The number of amides is 1. The second-order valence-electron chi connectivity index (χ2n) is 5.86. The summed E-state index contributed by atoms with van der Waals surface area (Å²) in [5.74, 6) is -0.645. The van der Waals surface area contributed by atoms with E-state index in [0.29, 0.717) is 22.6 Å². The van der Waals surface area contributed by atoms with E-state index >= 15 is 0 Å². The molecular weight excluding hydrogens is 334 g/mol.